The van der Waals surface area contributed by atoms with Crippen LogP contribution in [0.4, 0.5) is 5.82 Å². The van der Waals surface area contributed by atoms with E-state index in [1.54, 1.807) is 0 Å². The van der Waals surface area contributed by atoms with Crippen LogP contribution in [0.25, 0.3) is 44.2 Å². The van der Waals surface area contributed by atoms with Crippen molar-refractivity contribution in [2.75, 3.05) is 31.2 Å². The SMILES string of the molecule is Cc1cccc(-c2n[nH]c3cnc4ccc(-c5ccc(N6CCOCC6)nc5)cc4c23)c1. The molecule has 0 unspecified atom stereocenters. The molecular formula is C26H23N5O. The first-order chi connectivity index (χ1) is 15.8. The Morgan fingerprint density at radius 3 is 2.56 bits per heavy atom. The van der Waals surface area contributed by atoms with Gasteiger partial charge in [0.1, 0.15) is 11.5 Å². The van der Waals surface area contributed by atoms with Crippen molar-refractivity contribution in [1.29, 1.82) is 0 Å². The first-order valence-corrected chi connectivity index (χ1v) is 10.9. The van der Waals surface area contributed by atoms with E-state index in [0.29, 0.717) is 0 Å². The minimum absolute atomic E-state index is 0.755. The topological polar surface area (TPSA) is 66.9 Å². The Bertz CT molecular complexity index is 1420. The highest BCUT2D eigenvalue weighted by Crippen LogP contribution is 2.34. The van der Waals surface area contributed by atoms with Crippen molar-refractivity contribution in [3.63, 3.8) is 0 Å². The Kier molecular flexibility index (Phi) is 4.58. The minimum atomic E-state index is 0.755. The summed E-state index contributed by atoms with van der Waals surface area (Å²) in [6.45, 7) is 5.38. The summed E-state index contributed by atoms with van der Waals surface area (Å²) < 4.78 is 5.45. The lowest BCUT2D eigenvalue weighted by Gasteiger charge is -2.27. The van der Waals surface area contributed by atoms with Gasteiger partial charge < -0.3 is 9.64 Å². The van der Waals surface area contributed by atoms with E-state index in [1.807, 2.05) is 12.4 Å². The van der Waals surface area contributed by atoms with Gasteiger partial charge in [0.25, 0.3) is 0 Å². The van der Waals surface area contributed by atoms with Crippen LogP contribution in [0.1, 0.15) is 5.56 Å². The molecule has 158 valence electrons. The lowest BCUT2D eigenvalue weighted by atomic mass is 10.00. The minimum Gasteiger partial charge on any atom is -0.378 e. The molecule has 1 saturated heterocycles. The van der Waals surface area contributed by atoms with E-state index in [0.717, 1.165) is 76.3 Å². The Balaban J connectivity index is 1.45. The summed E-state index contributed by atoms with van der Waals surface area (Å²) in [5.41, 5.74) is 7.36. The second-order valence-electron chi connectivity index (χ2n) is 8.22. The summed E-state index contributed by atoms with van der Waals surface area (Å²) in [7, 11) is 0. The van der Waals surface area contributed by atoms with Crippen molar-refractivity contribution in [2.45, 2.75) is 6.92 Å². The Morgan fingerprint density at radius 1 is 0.875 bits per heavy atom. The van der Waals surface area contributed by atoms with Gasteiger partial charge >= 0.3 is 0 Å². The van der Waals surface area contributed by atoms with Crippen molar-refractivity contribution in [2.24, 2.45) is 0 Å². The number of benzene rings is 2. The maximum Gasteiger partial charge on any atom is 0.128 e. The maximum absolute atomic E-state index is 5.45. The number of hydrogen-bond donors (Lipinski definition) is 1. The van der Waals surface area contributed by atoms with Gasteiger partial charge in [0.15, 0.2) is 0 Å². The molecule has 5 aromatic rings. The molecule has 1 fully saturated rings. The number of hydrogen-bond acceptors (Lipinski definition) is 5. The molecular weight excluding hydrogens is 398 g/mol. The van der Waals surface area contributed by atoms with Crippen LogP contribution in [0.3, 0.4) is 0 Å². The average molecular weight is 422 g/mol. The zero-order valence-electron chi connectivity index (χ0n) is 17.9. The number of morpholine rings is 1. The van der Waals surface area contributed by atoms with Crippen LogP contribution >= 0.6 is 0 Å². The number of anilines is 1. The summed E-state index contributed by atoms with van der Waals surface area (Å²) in [4.78, 5) is 11.6. The summed E-state index contributed by atoms with van der Waals surface area (Å²) in [5, 5.41) is 9.97. The number of fused-ring (bicyclic) bond motifs is 3. The fourth-order valence-electron chi connectivity index (χ4n) is 4.42. The monoisotopic (exact) mass is 421 g/mol. The molecule has 0 aliphatic carbocycles. The average Bonchev–Trinajstić information content (AvgIpc) is 3.29. The van der Waals surface area contributed by atoms with Gasteiger partial charge in [-0.15, -0.1) is 0 Å². The van der Waals surface area contributed by atoms with Gasteiger partial charge in [-0.25, -0.2) is 4.98 Å². The van der Waals surface area contributed by atoms with Crippen LogP contribution in [0.15, 0.2) is 67.0 Å². The second kappa shape index (κ2) is 7.73. The molecule has 0 bridgehead atoms. The number of rotatable bonds is 3. The number of nitrogens with one attached hydrogen (secondary N) is 1. The summed E-state index contributed by atoms with van der Waals surface area (Å²) in [5.74, 6) is 0.999. The molecule has 6 heteroatoms. The van der Waals surface area contributed by atoms with Crippen molar-refractivity contribution >= 4 is 27.6 Å². The number of ether oxygens (including phenoxy) is 1. The molecule has 2 aromatic carbocycles. The number of aromatic nitrogens is 4. The molecule has 0 atom stereocenters. The number of aromatic amines is 1. The van der Waals surface area contributed by atoms with Gasteiger partial charge in [-0.05, 0) is 42.8 Å². The van der Waals surface area contributed by atoms with E-state index in [1.165, 1.54) is 5.56 Å². The van der Waals surface area contributed by atoms with Crippen LogP contribution in [0, 0.1) is 6.92 Å². The van der Waals surface area contributed by atoms with E-state index in [2.05, 4.69) is 81.6 Å². The molecule has 0 spiro atoms. The maximum atomic E-state index is 5.45. The van der Waals surface area contributed by atoms with Crippen LogP contribution in [0.5, 0.6) is 0 Å². The van der Waals surface area contributed by atoms with Crippen molar-refractivity contribution in [3.8, 4) is 22.4 Å². The number of H-pyrrole nitrogens is 1. The predicted molar refractivity (Wildman–Crippen MR) is 128 cm³/mol. The largest absolute Gasteiger partial charge is 0.378 e. The van der Waals surface area contributed by atoms with Gasteiger partial charge in [0.05, 0.1) is 30.4 Å². The standard InChI is InChI=1S/C26H23N5O/c1-17-3-2-4-19(13-17)26-25-21-14-18(5-7-22(21)27-16-23(25)29-30-26)20-6-8-24(28-15-20)31-9-11-32-12-10-31/h2-8,13-16H,9-12H2,1H3,(H,29,30). The Morgan fingerprint density at radius 2 is 1.75 bits per heavy atom. The van der Waals surface area contributed by atoms with E-state index >= 15 is 0 Å². The van der Waals surface area contributed by atoms with Crippen LogP contribution < -0.4 is 4.90 Å². The number of aryl methyl sites for hydroxylation is 1. The third-order valence-corrected chi connectivity index (χ3v) is 6.10. The molecule has 0 radical (unpaired) electrons. The molecule has 3 aromatic heterocycles. The fourth-order valence-corrected chi connectivity index (χ4v) is 4.42. The van der Waals surface area contributed by atoms with Gasteiger partial charge in [-0.3, -0.25) is 10.1 Å². The normalized spacial score (nSPS) is 14.3. The van der Waals surface area contributed by atoms with Gasteiger partial charge in [0.2, 0.25) is 0 Å². The summed E-state index contributed by atoms with van der Waals surface area (Å²) in [6, 6.07) is 19.1. The smallest absolute Gasteiger partial charge is 0.128 e. The van der Waals surface area contributed by atoms with E-state index < -0.39 is 0 Å². The van der Waals surface area contributed by atoms with E-state index in [9.17, 15) is 0 Å². The molecule has 1 aliphatic rings. The predicted octanol–water partition coefficient (Wildman–Crippen LogP) is 4.99. The fraction of sp³-hybridized carbons (Fsp3) is 0.192. The third-order valence-electron chi connectivity index (χ3n) is 6.10. The first-order valence-electron chi connectivity index (χ1n) is 10.9. The molecule has 4 heterocycles. The molecule has 32 heavy (non-hydrogen) atoms. The zero-order valence-corrected chi connectivity index (χ0v) is 17.9. The van der Waals surface area contributed by atoms with E-state index in [-0.39, 0.29) is 0 Å². The quantitative estimate of drug-likeness (QED) is 0.445. The van der Waals surface area contributed by atoms with Gasteiger partial charge in [-0.1, -0.05) is 29.8 Å². The number of nitrogens with zero attached hydrogens (tertiary/aromatic N) is 4. The molecule has 0 saturated carbocycles. The van der Waals surface area contributed by atoms with E-state index in [4.69, 9.17) is 9.72 Å². The number of pyridine rings is 2. The highest BCUT2D eigenvalue weighted by molar-refractivity contribution is 6.11. The van der Waals surface area contributed by atoms with Gasteiger partial charge in [0, 0.05) is 41.2 Å². The molecule has 6 rings (SSSR count). The summed E-state index contributed by atoms with van der Waals surface area (Å²) >= 11 is 0. The Hall–Kier alpha value is -3.77. The van der Waals surface area contributed by atoms with Crippen molar-refractivity contribution in [1.82, 2.24) is 20.2 Å². The molecule has 1 aliphatic heterocycles. The van der Waals surface area contributed by atoms with Crippen molar-refractivity contribution < 1.29 is 4.74 Å². The van der Waals surface area contributed by atoms with Crippen LogP contribution in [0.2, 0.25) is 0 Å². The lowest BCUT2D eigenvalue weighted by molar-refractivity contribution is 0.122. The van der Waals surface area contributed by atoms with Crippen molar-refractivity contribution in [3.05, 3.63) is 72.6 Å². The van der Waals surface area contributed by atoms with Crippen LogP contribution in [-0.2, 0) is 4.74 Å². The lowest BCUT2D eigenvalue weighted by Crippen LogP contribution is -2.36. The highest BCUT2D eigenvalue weighted by Gasteiger charge is 2.15. The third kappa shape index (κ3) is 3.29. The molecule has 0 amide bonds. The molecule has 6 nitrogen and oxygen atoms in total. The first kappa shape index (κ1) is 19.0. The second-order valence-corrected chi connectivity index (χ2v) is 8.22. The highest BCUT2D eigenvalue weighted by atomic mass is 16.5. The zero-order chi connectivity index (χ0) is 21.5. The molecule has 1 N–H and O–H groups in total. The van der Waals surface area contributed by atoms with Crippen LogP contribution in [-0.4, -0.2) is 46.5 Å². The Labute approximate surface area is 185 Å². The van der Waals surface area contributed by atoms with Gasteiger partial charge in [-0.2, -0.15) is 5.10 Å². The summed E-state index contributed by atoms with van der Waals surface area (Å²) in [6.07, 6.45) is 3.82.